The molecule has 0 spiro atoms. The minimum Gasteiger partial charge on any atom is -0.508 e. The average molecular weight is 774 g/mol. The van der Waals surface area contributed by atoms with E-state index in [0.717, 1.165) is 24.3 Å². The Morgan fingerprint density at radius 1 is 0.887 bits per heavy atom. The number of phenolic OH excluding ortho intramolecular Hbond substituents is 1. The summed E-state index contributed by atoms with van der Waals surface area (Å²) in [6, 6.07) is 20.6. The number of halogens is 1. The maximum atomic E-state index is 14.3. The first-order chi connectivity index (χ1) is 25.0. The summed E-state index contributed by atoms with van der Waals surface area (Å²) in [5.74, 6) is -4.69. The lowest BCUT2D eigenvalue weighted by molar-refractivity contribution is -0.303. The van der Waals surface area contributed by atoms with Crippen molar-refractivity contribution in [1.29, 1.82) is 0 Å². The van der Waals surface area contributed by atoms with Crippen molar-refractivity contribution in [2.24, 2.45) is 0 Å². The van der Waals surface area contributed by atoms with Gasteiger partial charge in [-0.1, -0.05) is 54.6 Å². The van der Waals surface area contributed by atoms with Crippen molar-refractivity contribution in [3.8, 4) is 16.9 Å². The van der Waals surface area contributed by atoms with Crippen molar-refractivity contribution >= 4 is 40.3 Å². The van der Waals surface area contributed by atoms with Gasteiger partial charge >= 0.3 is 13.6 Å². The molecular formula is C35H33FNO14PS. The van der Waals surface area contributed by atoms with Gasteiger partial charge in [0.05, 0.1) is 23.2 Å². The van der Waals surface area contributed by atoms with Crippen LogP contribution in [0.15, 0.2) is 97.1 Å². The van der Waals surface area contributed by atoms with E-state index in [9.17, 15) is 62.3 Å². The SMILES string of the molecule is O=C(O)C1O[C@@H](O[C@@H](CS(=O)(=O)[C@H]2C(=O)N(c3ccccc3)[C@@H]2c2ccc(-c3ccc(P(=O)(O)O)cc3)cc2O)c2ccc(F)cc2)C(O)C(O)[C@@H]1O. The fourth-order valence-electron chi connectivity index (χ4n) is 6.35. The van der Waals surface area contributed by atoms with Crippen LogP contribution in [-0.2, 0) is 33.5 Å². The van der Waals surface area contributed by atoms with Crippen LogP contribution in [0.4, 0.5) is 10.1 Å². The molecule has 4 aromatic carbocycles. The molecule has 2 aliphatic heterocycles. The third-order valence-electron chi connectivity index (χ3n) is 9.09. The van der Waals surface area contributed by atoms with Gasteiger partial charge < -0.3 is 49.7 Å². The van der Waals surface area contributed by atoms with Crippen LogP contribution in [0.5, 0.6) is 5.75 Å². The van der Waals surface area contributed by atoms with E-state index in [1.807, 2.05) is 0 Å². The Hall–Kier alpha value is -4.55. The number of carboxylic acid groups (broad SMARTS) is 1. The fourth-order valence-corrected chi connectivity index (χ4v) is 8.86. The molecule has 0 aliphatic carbocycles. The number of anilines is 1. The second-order valence-electron chi connectivity index (χ2n) is 12.5. The summed E-state index contributed by atoms with van der Waals surface area (Å²) in [6.45, 7) is 0. The first-order valence-electron chi connectivity index (χ1n) is 15.9. The number of carbonyl (C=O) groups is 2. The number of nitrogens with zero attached hydrogens (tertiary/aromatic N) is 1. The summed E-state index contributed by atoms with van der Waals surface area (Å²) >= 11 is 0. The number of aliphatic hydroxyl groups excluding tert-OH is 3. The lowest BCUT2D eigenvalue weighted by Crippen LogP contribution is -2.63. The van der Waals surface area contributed by atoms with Crippen molar-refractivity contribution in [3.63, 3.8) is 0 Å². The topological polar surface area (TPSA) is 249 Å². The summed E-state index contributed by atoms with van der Waals surface area (Å²) in [6.07, 6.45) is -11.9. The minimum absolute atomic E-state index is 0.0125. The number of rotatable bonds is 11. The van der Waals surface area contributed by atoms with Crippen LogP contribution < -0.4 is 10.2 Å². The molecule has 0 radical (unpaired) electrons. The van der Waals surface area contributed by atoms with Crippen LogP contribution in [-0.4, -0.2) is 97.3 Å². The Kier molecular flexibility index (Phi) is 10.6. The molecule has 0 saturated carbocycles. The zero-order valence-electron chi connectivity index (χ0n) is 27.2. The summed E-state index contributed by atoms with van der Waals surface area (Å²) in [5, 5.41) is 49.8. The Balaban J connectivity index is 1.36. The maximum Gasteiger partial charge on any atom is 0.356 e. The molecule has 1 amide bonds. The molecule has 2 fully saturated rings. The number of hydrogen-bond acceptors (Lipinski definition) is 11. The van der Waals surface area contributed by atoms with Crippen LogP contribution in [0.25, 0.3) is 11.1 Å². The van der Waals surface area contributed by atoms with Crippen LogP contribution in [0.2, 0.25) is 0 Å². The number of benzene rings is 4. The third-order valence-corrected chi connectivity index (χ3v) is 12.1. The predicted octanol–water partition coefficient (Wildman–Crippen LogP) is 1.52. The largest absolute Gasteiger partial charge is 0.508 e. The standard InChI is InChI=1S/C35H33FNO14PS/c36-21-11-6-19(7-12-21)26(50-35-30(41)28(39)29(40)31(51-35)34(43)44)17-53(48,49)32-27(37(33(32)42)22-4-2-1-3-5-22)24-15-10-20(16-25(24)38)18-8-13-23(14-9-18)52(45,46)47/h1-16,26-32,35,38-41H,17H2,(H,43,44)(H2,45,46,47)/t26-,27+,28?,29-,30?,31?,32+,35+/m0/s1. The van der Waals surface area contributed by atoms with Crippen molar-refractivity contribution in [2.75, 3.05) is 10.7 Å². The van der Waals surface area contributed by atoms with Crippen LogP contribution in [0, 0.1) is 5.82 Å². The number of phenols is 1. The molecule has 0 bridgehead atoms. The number of aromatic hydroxyl groups is 1. The van der Waals surface area contributed by atoms with Crippen molar-refractivity contribution < 1.29 is 71.8 Å². The monoisotopic (exact) mass is 773 g/mol. The number of sulfone groups is 1. The third kappa shape index (κ3) is 7.62. The highest BCUT2D eigenvalue weighted by Gasteiger charge is 2.57. The van der Waals surface area contributed by atoms with E-state index in [2.05, 4.69) is 0 Å². The number of carboxylic acids is 1. The van der Waals surface area contributed by atoms with Gasteiger partial charge in [-0.25, -0.2) is 17.6 Å². The van der Waals surface area contributed by atoms with E-state index in [1.165, 1.54) is 47.4 Å². The minimum atomic E-state index is -4.65. The van der Waals surface area contributed by atoms with Crippen molar-refractivity contribution in [1.82, 2.24) is 0 Å². The highest BCUT2D eigenvalue weighted by atomic mass is 32.2. The van der Waals surface area contributed by atoms with Crippen molar-refractivity contribution in [2.45, 2.75) is 48.1 Å². The Morgan fingerprint density at radius 3 is 2.09 bits per heavy atom. The summed E-state index contributed by atoms with van der Waals surface area (Å²) < 4.78 is 65.1. The van der Waals surface area contributed by atoms with Crippen LogP contribution in [0.3, 0.4) is 0 Å². The maximum absolute atomic E-state index is 14.3. The number of ether oxygens (including phenoxy) is 2. The second kappa shape index (κ2) is 14.7. The molecule has 3 unspecified atom stereocenters. The molecule has 7 N–H and O–H groups in total. The average Bonchev–Trinajstić information content (AvgIpc) is 3.10. The van der Waals surface area contributed by atoms with E-state index in [-0.39, 0.29) is 16.4 Å². The molecule has 280 valence electrons. The summed E-state index contributed by atoms with van der Waals surface area (Å²) in [4.78, 5) is 45.6. The number of aliphatic hydroxyl groups is 3. The highest BCUT2D eigenvalue weighted by Crippen LogP contribution is 2.47. The first kappa shape index (κ1) is 38.2. The van der Waals surface area contributed by atoms with Gasteiger partial charge in [0.25, 0.3) is 0 Å². The number of hydrogen-bond donors (Lipinski definition) is 7. The zero-order chi connectivity index (χ0) is 38.4. The Morgan fingerprint density at radius 2 is 1.51 bits per heavy atom. The van der Waals surface area contributed by atoms with E-state index >= 15 is 0 Å². The molecule has 18 heteroatoms. The second-order valence-corrected chi connectivity index (χ2v) is 16.3. The van der Waals surface area contributed by atoms with Crippen LogP contribution >= 0.6 is 7.60 Å². The van der Waals surface area contributed by atoms with Gasteiger partial charge in [-0.2, -0.15) is 0 Å². The van der Waals surface area contributed by atoms with Gasteiger partial charge in [0, 0.05) is 11.3 Å². The highest BCUT2D eigenvalue weighted by molar-refractivity contribution is 7.93. The molecule has 53 heavy (non-hydrogen) atoms. The number of para-hydroxylation sites is 1. The Bertz CT molecular complexity index is 2150. The first-order valence-corrected chi connectivity index (χ1v) is 19.2. The summed E-state index contributed by atoms with van der Waals surface area (Å²) in [7, 11) is -9.16. The van der Waals surface area contributed by atoms with E-state index in [1.54, 1.807) is 30.3 Å². The normalized spacial score (nSPS) is 25.4. The van der Waals surface area contributed by atoms with Gasteiger partial charge in [-0.3, -0.25) is 9.36 Å². The van der Waals surface area contributed by atoms with Gasteiger partial charge in [-0.15, -0.1) is 0 Å². The molecule has 2 aliphatic rings. The quantitative estimate of drug-likeness (QED) is 0.0844. The van der Waals surface area contributed by atoms with Gasteiger partial charge in [0.1, 0.15) is 29.9 Å². The van der Waals surface area contributed by atoms with Gasteiger partial charge in [0.15, 0.2) is 27.5 Å². The smallest absolute Gasteiger partial charge is 0.356 e. The Labute approximate surface area is 301 Å². The fraction of sp³-hybridized carbons (Fsp3) is 0.257. The number of aliphatic carboxylic acids is 1. The van der Waals surface area contributed by atoms with E-state index in [4.69, 9.17) is 9.47 Å². The molecule has 4 aromatic rings. The van der Waals surface area contributed by atoms with Gasteiger partial charge in [-0.05, 0) is 59.2 Å². The van der Waals surface area contributed by atoms with Crippen LogP contribution in [0.1, 0.15) is 23.3 Å². The lowest BCUT2D eigenvalue weighted by atomic mass is 9.90. The zero-order valence-corrected chi connectivity index (χ0v) is 28.9. The molecule has 2 heterocycles. The molecule has 6 rings (SSSR count). The number of amides is 1. The van der Waals surface area contributed by atoms with Crippen molar-refractivity contribution in [3.05, 3.63) is 114 Å². The van der Waals surface area contributed by atoms with Gasteiger partial charge in [0.2, 0.25) is 5.91 Å². The molecule has 8 atom stereocenters. The van der Waals surface area contributed by atoms with E-state index < -0.39 is 94.7 Å². The molecule has 15 nitrogen and oxygen atoms in total. The molecule has 0 aromatic heterocycles. The molecule has 2 saturated heterocycles. The molecular weight excluding hydrogens is 740 g/mol. The lowest BCUT2D eigenvalue weighted by Gasteiger charge is -2.47. The number of carbonyl (C=O) groups excluding carboxylic acids is 1. The predicted molar refractivity (Wildman–Crippen MR) is 184 cm³/mol. The summed E-state index contributed by atoms with van der Waals surface area (Å²) in [5.41, 5.74) is 1.22. The van der Waals surface area contributed by atoms with E-state index in [0.29, 0.717) is 16.8 Å². The number of β-lactam (4-membered cyclic amide) rings is 1.